The van der Waals surface area contributed by atoms with Crippen LogP contribution in [-0.2, 0) is 10.2 Å². The van der Waals surface area contributed by atoms with E-state index in [2.05, 4.69) is 36.1 Å². The van der Waals surface area contributed by atoms with E-state index in [9.17, 15) is 0 Å². The predicted molar refractivity (Wildman–Crippen MR) is 85.8 cm³/mol. The highest BCUT2D eigenvalue weighted by molar-refractivity contribution is 6.04. The number of hydrogen-bond acceptors (Lipinski definition) is 3. The molecule has 0 radical (unpaired) electrons. The summed E-state index contributed by atoms with van der Waals surface area (Å²) in [5.74, 6) is 0. The summed E-state index contributed by atoms with van der Waals surface area (Å²) in [6.45, 7) is 4.75. The lowest BCUT2D eigenvalue weighted by molar-refractivity contribution is 0.0172. The van der Waals surface area contributed by atoms with E-state index in [0.29, 0.717) is 23.7 Å². The Hall–Kier alpha value is -1.19. The van der Waals surface area contributed by atoms with Gasteiger partial charge < -0.3 is 4.74 Å². The fourth-order valence-electron chi connectivity index (χ4n) is 6.54. The Kier molecular flexibility index (Phi) is 2.03. The molecule has 6 rings (SSSR count). The van der Waals surface area contributed by atoms with Gasteiger partial charge >= 0.3 is 0 Å². The number of piperidine rings is 1. The standard InChI is InChI=1S/C19H22N2O/c1-2-18-8-7-15-19(12-5-3-4-6-13(12)20-15)9-10-21(17(18)19)11-14-16(18)22-14/h3-6,14,16-17H,2,7-11H2,1H3/t14-,16-,17+,18-,19+/m1/s1. The Morgan fingerprint density at radius 1 is 1.32 bits per heavy atom. The fourth-order valence-corrected chi connectivity index (χ4v) is 6.54. The molecular formula is C19H22N2O. The largest absolute Gasteiger partial charge is 0.368 e. The summed E-state index contributed by atoms with van der Waals surface area (Å²) in [4.78, 5) is 7.85. The van der Waals surface area contributed by atoms with Crippen molar-refractivity contribution in [2.24, 2.45) is 10.4 Å². The molecule has 4 aliphatic heterocycles. The minimum Gasteiger partial charge on any atom is -0.368 e. The molecule has 1 aliphatic carbocycles. The Labute approximate surface area is 131 Å². The molecule has 3 saturated heterocycles. The number of rotatable bonds is 1. The van der Waals surface area contributed by atoms with Gasteiger partial charge in [-0.1, -0.05) is 25.1 Å². The molecular weight excluding hydrogens is 272 g/mol. The number of hydrogen-bond donors (Lipinski definition) is 0. The summed E-state index contributed by atoms with van der Waals surface area (Å²) >= 11 is 0. The van der Waals surface area contributed by atoms with Crippen molar-refractivity contribution in [1.29, 1.82) is 0 Å². The molecule has 0 aromatic heterocycles. The van der Waals surface area contributed by atoms with Gasteiger partial charge in [0, 0.05) is 23.7 Å². The topological polar surface area (TPSA) is 28.1 Å². The van der Waals surface area contributed by atoms with E-state index in [1.807, 2.05) is 0 Å². The first-order valence-corrected chi connectivity index (χ1v) is 8.87. The zero-order chi connectivity index (χ0) is 14.5. The molecule has 4 fully saturated rings. The van der Waals surface area contributed by atoms with Gasteiger partial charge in [-0.3, -0.25) is 9.89 Å². The van der Waals surface area contributed by atoms with Gasteiger partial charge in [0.15, 0.2) is 0 Å². The third-order valence-electron chi connectivity index (χ3n) is 7.37. The smallest absolute Gasteiger partial charge is 0.0974 e. The lowest BCUT2D eigenvalue weighted by Crippen LogP contribution is -2.64. The molecule has 22 heavy (non-hydrogen) atoms. The third-order valence-corrected chi connectivity index (χ3v) is 7.37. The molecule has 1 aromatic carbocycles. The molecule has 1 spiro atoms. The maximum absolute atomic E-state index is 6.15. The van der Waals surface area contributed by atoms with E-state index in [4.69, 9.17) is 9.73 Å². The minimum atomic E-state index is 0.196. The minimum absolute atomic E-state index is 0.196. The molecule has 5 aliphatic rings. The number of ether oxygens (including phenoxy) is 1. The van der Waals surface area contributed by atoms with Crippen molar-refractivity contribution >= 4 is 11.4 Å². The van der Waals surface area contributed by atoms with Crippen molar-refractivity contribution in [2.75, 3.05) is 13.1 Å². The summed E-state index contributed by atoms with van der Waals surface area (Å²) in [6, 6.07) is 9.52. The van der Waals surface area contributed by atoms with E-state index in [-0.39, 0.29) is 5.41 Å². The highest BCUT2D eigenvalue weighted by Gasteiger charge is 2.72. The predicted octanol–water partition coefficient (Wildman–Crippen LogP) is 3.06. The van der Waals surface area contributed by atoms with Crippen LogP contribution in [0.5, 0.6) is 0 Å². The first-order chi connectivity index (χ1) is 10.8. The Morgan fingerprint density at radius 3 is 3.14 bits per heavy atom. The lowest BCUT2D eigenvalue weighted by Gasteiger charge is -2.54. The fraction of sp³-hybridized carbons (Fsp3) is 0.632. The number of benzene rings is 1. The third kappa shape index (κ3) is 1.13. The van der Waals surface area contributed by atoms with Crippen molar-refractivity contribution in [2.45, 2.75) is 56.3 Å². The molecule has 1 saturated carbocycles. The summed E-state index contributed by atoms with van der Waals surface area (Å²) in [6.07, 6.45) is 5.96. The van der Waals surface area contributed by atoms with Crippen molar-refractivity contribution in [3.8, 4) is 0 Å². The van der Waals surface area contributed by atoms with Crippen LogP contribution in [0.25, 0.3) is 0 Å². The Balaban J connectivity index is 1.61. The molecule has 114 valence electrons. The van der Waals surface area contributed by atoms with Crippen LogP contribution in [0.2, 0.25) is 0 Å². The number of aliphatic imine (C=N–C) groups is 1. The number of para-hydroxylation sites is 1. The Bertz CT molecular complexity index is 713. The normalized spacial score (nSPS) is 47.3. The first-order valence-electron chi connectivity index (χ1n) is 8.87. The molecule has 0 bridgehead atoms. The molecule has 4 heterocycles. The second-order valence-electron chi connectivity index (χ2n) is 7.88. The van der Waals surface area contributed by atoms with Gasteiger partial charge in [0.2, 0.25) is 0 Å². The molecule has 0 unspecified atom stereocenters. The van der Waals surface area contributed by atoms with Crippen LogP contribution in [0, 0.1) is 5.41 Å². The molecule has 0 N–H and O–H groups in total. The van der Waals surface area contributed by atoms with E-state index >= 15 is 0 Å². The lowest BCUT2D eigenvalue weighted by atomic mass is 9.53. The number of fused-ring (bicyclic) bond motifs is 3. The summed E-state index contributed by atoms with van der Waals surface area (Å²) in [5.41, 5.74) is 4.78. The molecule has 0 amide bonds. The summed E-state index contributed by atoms with van der Waals surface area (Å²) in [5, 5.41) is 0. The average Bonchev–Trinajstić information content (AvgIpc) is 3.13. The van der Waals surface area contributed by atoms with Crippen molar-refractivity contribution in [3.05, 3.63) is 29.8 Å². The van der Waals surface area contributed by atoms with E-state index in [0.717, 1.165) is 6.54 Å². The second-order valence-corrected chi connectivity index (χ2v) is 7.88. The van der Waals surface area contributed by atoms with Gasteiger partial charge in [-0.05, 0) is 43.9 Å². The maximum Gasteiger partial charge on any atom is 0.0974 e. The van der Waals surface area contributed by atoms with E-state index in [1.165, 1.54) is 49.2 Å². The SMILES string of the molecule is CC[C@@]12CCC3=Nc4ccccc4[C@@]34CCN(C[C@H]3O[C@H]31)[C@@H]24. The van der Waals surface area contributed by atoms with Gasteiger partial charge in [-0.2, -0.15) is 0 Å². The van der Waals surface area contributed by atoms with Crippen LogP contribution < -0.4 is 0 Å². The second kappa shape index (κ2) is 3.65. The summed E-state index contributed by atoms with van der Waals surface area (Å²) < 4.78 is 6.15. The Morgan fingerprint density at radius 2 is 2.23 bits per heavy atom. The van der Waals surface area contributed by atoms with Crippen molar-refractivity contribution in [1.82, 2.24) is 4.90 Å². The zero-order valence-corrected chi connectivity index (χ0v) is 13.1. The van der Waals surface area contributed by atoms with E-state index < -0.39 is 0 Å². The van der Waals surface area contributed by atoms with Crippen molar-refractivity contribution in [3.63, 3.8) is 0 Å². The molecule has 3 nitrogen and oxygen atoms in total. The molecule has 5 atom stereocenters. The van der Waals surface area contributed by atoms with E-state index in [1.54, 1.807) is 0 Å². The molecule has 1 aromatic rings. The van der Waals surface area contributed by atoms with Gasteiger partial charge in [0.05, 0.1) is 23.3 Å². The van der Waals surface area contributed by atoms with Gasteiger partial charge in [0.1, 0.15) is 0 Å². The van der Waals surface area contributed by atoms with Crippen LogP contribution in [0.15, 0.2) is 29.3 Å². The zero-order valence-electron chi connectivity index (χ0n) is 13.1. The van der Waals surface area contributed by atoms with Crippen LogP contribution >= 0.6 is 0 Å². The first kappa shape index (κ1) is 12.3. The van der Waals surface area contributed by atoms with Gasteiger partial charge in [-0.15, -0.1) is 0 Å². The highest BCUT2D eigenvalue weighted by atomic mass is 16.6. The monoisotopic (exact) mass is 294 g/mol. The highest BCUT2D eigenvalue weighted by Crippen LogP contribution is 2.65. The number of epoxide rings is 1. The quantitative estimate of drug-likeness (QED) is 0.745. The maximum atomic E-state index is 6.15. The average molecular weight is 294 g/mol. The van der Waals surface area contributed by atoms with Crippen molar-refractivity contribution < 1.29 is 4.74 Å². The van der Waals surface area contributed by atoms with Crippen LogP contribution in [0.4, 0.5) is 5.69 Å². The van der Waals surface area contributed by atoms with Crippen LogP contribution in [0.1, 0.15) is 38.2 Å². The molecule has 3 heteroatoms. The van der Waals surface area contributed by atoms with Gasteiger partial charge in [-0.25, -0.2) is 0 Å². The van der Waals surface area contributed by atoms with Crippen LogP contribution in [-0.4, -0.2) is 42.0 Å². The number of nitrogens with zero attached hydrogens (tertiary/aromatic N) is 2. The van der Waals surface area contributed by atoms with Gasteiger partial charge in [0.25, 0.3) is 0 Å². The van der Waals surface area contributed by atoms with Crippen LogP contribution in [0.3, 0.4) is 0 Å². The summed E-state index contributed by atoms with van der Waals surface area (Å²) in [7, 11) is 0.